The van der Waals surface area contributed by atoms with Gasteiger partial charge in [-0.3, -0.25) is 14.5 Å². The largest absolute Gasteiger partial charge is 0.301 e. The minimum atomic E-state index is -0.140. The van der Waals surface area contributed by atoms with Crippen molar-refractivity contribution >= 4 is 11.8 Å². The molecular formula is C18H25N3O2. The van der Waals surface area contributed by atoms with E-state index in [4.69, 9.17) is 0 Å². The number of hydrogen-bond donors (Lipinski definition) is 0. The normalized spacial score (nSPS) is 19.4. The highest BCUT2D eigenvalue weighted by molar-refractivity contribution is 6.21. The van der Waals surface area contributed by atoms with Crippen LogP contribution < -0.4 is 0 Å². The number of rotatable bonds is 6. The number of benzene rings is 1. The predicted octanol–water partition coefficient (Wildman–Crippen LogP) is 1.70. The molecule has 0 bridgehead atoms. The molecule has 0 aromatic heterocycles. The maximum absolute atomic E-state index is 12.3. The molecule has 0 aliphatic carbocycles. The Labute approximate surface area is 137 Å². The van der Waals surface area contributed by atoms with Crippen LogP contribution in [-0.2, 0) is 0 Å². The van der Waals surface area contributed by atoms with E-state index in [2.05, 4.69) is 16.7 Å². The first kappa shape index (κ1) is 16.1. The van der Waals surface area contributed by atoms with Gasteiger partial charge in [0.25, 0.3) is 11.8 Å². The highest BCUT2D eigenvalue weighted by atomic mass is 16.2. The first-order valence-corrected chi connectivity index (χ1v) is 8.60. The molecule has 3 rings (SSSR count). The van der Waals surface area contributed by atoms with Crippen molar-refractivity contribution in [1.29, 1.82) is 0 Å². The first-order chi connectivity index (χ1) is 11.2. The van der Waals surface area contributed by atoms with Gasteiger partial charge in [-0.1, -0.05) is 19.1 Å². The molecular weight excluding hydrogens is 290 g/mol. The van der Waals surface area contributed by atoms with Gasteiger partial charge in [0.2, 0.25) is 0 Å². The van der Waals surface area contributed by atoms with Gasteiger partial charge in [-0.2, -0.15) is 0 Å². The van der Waals surface area contributed by atoms with Crippen LogP contribution in [0.3, 0.4) is 0 Å². The van der Waals surface area contributed by atoms with Gasteiger partial charge in [-0.15, -0.1) is 0 Å². The van der Waals surface area contributed by atoms with Crippen LogP contribution in [0.2, 0.25) is 0 Å². The first-order valence-electron chi connectivity index (χ1n) is 8.60. The van der Waals surface area contributed by atoms with E-state index >= 15 is 0 Å². The third-order valence-corrected chi connectivity index (χ3v) is 4.74. The van der Waals surface area contributed by atoms with Crippen LogP contribution in [0.1, 0.15) is 40.5 Å². The number of imide groups is 1. The van der Waals surface area contributed by atoms with E-state index in [9.17, 15) is 9.59 Å². The molecule has 1 aromatic rings. The van der Waals surface area contributed by atoms with E-state index in [-0.39, 0.29) is 11.8 Å². The summed E-state index contributed by atoms with van der Waals surface area (Å²) < 4.78 is 0. The predicted molar refractivity (Wildman–Crippen MR) is 89.6 cm³/mol. The number of hydrogen-bond acceptors (Lipinski definition) is 4. The van der Waals surface area contributed by atoms with Crippen LogP contribution in [0.5, 0.6) is 0 Å². The summed E-state index contributed by atoms with van der Waals surface area (Å²) in [6.45, 7) is 9.29. The third-order valence-electron chi connectivity index (χ3n) is 4.74. The van der Waals surface area contributed by atoms with Crippen LogP contribution in [0, 0.1) is 0 Å². The molecule has 0 unspecified atom stereocenters. The topological polar surface area (TPSA) is 43.9 Å². The summed E-state index contributed by atoms with van der Waals surface area (Å²) in [5.74, 6) is -0.281. The lowest BCUT2D eigenvalue weighted by Gasteiger charge is -2.34. The number of carbonyl (C=O) groups excluding carboxylic acids is 2. The van der Waals surface area contributed by atoms with Gasteiger partial charge in [0.15, 0.2) is 0 Å². The molecule has 5 nitrogen and oxygen atoms in total. The van der Waals surface area contributed by atoms with Gasteiger partial charge in [-0.05, 0) is 38.1 Å². The average Bonchev–Trinajstić information content (AvgIpc) is 2.82. The van der Waals surface area contributed by atoms with Crippen LogP contribution in [0.25, 0.3) is 0 Å². The van der Waals surface area contributed by atoms with Crippen LogP contribution in [0.15, 0.2) is 24.3 Å². The number of carbonyl (C=O) groups is 2. The molecule has 2 aliphatic heterocycles. The summed E-state index contributed by atoms with van der Waals surface area (Å²) in [5.41, 5.74) is 1.09. The van der Waals surface area contributed by atoms with Crippen molar-refractivity contribution in [3.05, 3.63) is 35.4 Å². The fourth-order valence-electron chi connectivity index (χ4n) is 3.45. The molecule has 1 saturated heterocycles. The summed E-state index contributed by atoms with van der Waals surface area (Å²) in [4.78, 5) is 30.9. The Morgan fingerprint density at radius 3 is 1.87 bits per heavy atom. The second kappa shape index (κ2) is 7.23. The van der Waals surface area contributed by atoms with Crippen LogP contribution in [0.4, 0.5) is 0 Å². The molecule has 1 aromatic carbocycles. The van der Waals surface area contributed by atoms with Gasteiger partial charge in [-0.25, -0.2) is 0 Å². The van der Waals surface area contributed by atoms with Gasteiger partial charge in [0.05, 0.1) is 11.1 Å². The van der Waals surface area contributed by atoms with E-state index in [0.29, 0.717) is 17.7 Å². The molecule has 0 N–H and O–H groups in total. The fraction of sp³-hybridized carbons (Fsp3) is 0.556. The average molecular weight is 315 g/mol. The van der Waals surface area contributed by atoms with Crippen molar-refractivity contribution in [2.75, 3.05) is 45.8 Å². The standard InChI is InChI=1S/C18H25N3O2/c1-2-8-19-11-13-20(14-12-19)9-5-10-21-17(22)15-6-3-4-7-16(15)18(21)23/h3-4,6-7H,2,5,8-14H2,1H3. The number of fused-ring (bicyclic) bond motifs is 1. The molecule has 5 heteroatoms. The Morgan fingerprint density at radius 1 is 0.826 bits per heavy atom. The van der Waals surface area contributed by atoms with Gasteiger partial charge >= 0.3 is 0 Å². The van der Waals surface area contributed by atoms with E-state index in [1.54, 1.807) is 12.1 Å². The Hall–Kier alpha value is -1.72. The van der Waals surface area contributed by atoms with Crippen molar-refractivity contribution in [2.45, 2.75) is 19.8 Å². The zero-order valence-electron chi connectivity index (χ0n) is 13.8. The van der Waals surface area contributed by atoms with E-state index in [1.165, 1.54) is 17.9 Å². The summed E-state index contributed by atoms with van der Waals surface area (Å²) in [5, 5.41) is 0. The maximum atomic E-state index is 12.3. The third kappa shape index (κ3) is 3.46. The Morgan fingerprint density at radius 2 is 1.35 bits per heavy atom. The number of piperazine rings is 1. The van der Waals surface area contributed by atoms with Crippen LogP contribution in [-0.4, -0.2) is 72.3 Å². The fourth-order valence-corrected chi connectivity index (χ4v) is 3.45. The molecule has 0 spiro atoms. The smallest absolute Gasteiger partial charge is 0.261 e. The van der Waals surface area contributed by atoms with Crippen molar-refractivity contribution in [3.63, 3.8) is 0 Å². The van der Waals surface area contributed by atoms with Gasteiger partial charge < -0.3 is 9.80 Å². The molecule has 124 valence electrons. The van der Waals surface area contributed by atoms with E-state index in [0.717, 1.165) is 39.1 Å². The Bertz CT molecular complexity index is 544. The van der Waals surface area contributed by atoms with Crippen molar-refractivity contribution in [2.24, 2.45) is 0 Å². The second-order valence-electron chi connectivity index (χ2n) is 6.34. The second-order valence-corrected chi connectivity index (χ2v) is 6.34. The lowest BCUT2D eigenvalue weighted by atomic mass is 10.1. The van der Waals surface area contributed by atoms with Crippen molar-refractivity contribution in [1.82, 2.24) is 14.7 Å². The molecule has 0 radical (unpaired) electrons. The lowest BCUT2D eigenvalue weighted by Crippen LogP contribution is -2.47. The highest BCUT2D eigenvalue weighted by Crippen LogP contribution is 2.22. The van der Waals surface area contributed by atoms with Gasteiger partial charge in [0, 0.05) is 32.7 Å². The Balaban J connectivity index is 1.46. The molecule has 1 fully saturated rings. The summed E-state index contributed by atoms with van der Waals surface area (Å²) >= 11 is 0. The van der Waals surface area contributed by atoms with E-state index < -0.39 is 0 Å². The molecule has 2 aliphatic rings. The molecule has 2 heterocycles. The maximum Gasteiger partial charge on any atom is 0.261 e. The monoisotopic (exact) mass is 315 g/mol. The zero-order chi connectivity index (χ0) is 16.2. The SMILES string of the molecule is CCCN1CCN(CCCN2C(=O)c3ccccc3C2=O)CC1. The van der Waals surface area contributed by atoms with Crippen LogP contribution >= 0.6 is 0 Å². The molecule has 0 atom stereocenters. The minimum Gasteiger partial charge on any atom is -0.301 e. The van der Waals surface area contributed by atoms with Gasteiger partial charge in [0.1, 0.15) is 0 Å². The molecule has 23 heavy (non-hydrogen) atoms. The molecule has 2 amide bonds. The lowest BCUT2D eigenvalue weighted by molar-refractivity contribution is 0.0641. The zero-order valence-corrected chi connectivity index (χ0v) is 13.8. The summed E-state index contributed by atoms with van der Waals surface area (Å²) in [6.07, 6.45) is 2.05. The Kier molecular flexibility index (Phi) is 5.08. The highest BCUT2D eigenvalue weighted by Gasteiger charge is 2.34. The summed E-state index contributed by atoms with van der Waals surface area (Å²) in [7, 11) is 0. The van der Waals surface area contributed by atoms with Crippen molar-refractivity contribution in [3.8, 4) is 0 Å². The number of nitrogens with zero attached hydrogens (tertiary/aromatic N) is 3. The molecule has 0 saturated carbocycles. The number of amides is 2. The minimum absolute atomic E-state index is 0.140. The van der Waals surface area contributed by atoms with E-state index in [1.807, 2.05) is 12.1 Å². The summed E-state index contributed by atoms with van der Waals surface area (Å²) in [6, 6.07) is 7.09. The quantitative estimate of drug-likeness (QED) is 0.750. The van der Waals surface area contributed by atoms with Crippen molar-refractivity contribution < 1.29 is 9.59 Å².